The summed E-state index contributed by atoms with van der Waals surface area (Å²) < 4.78 is 0. The number of nitrogens with one attached hydrogen (secondary N) is 1. The van der Waals surface area contributed by atoms with E-state index in [1.165, 1.54) is 19.3 Å². The monoisotopic (exact) mass is 226 g/mol. The summed E-state index contributed by atoms with van der Waals surface area (Å²) in [6.07, 6.45) is 4.76. The van der Waals surface area contributed by atoms with Crippen molar-refractivity contribution in [2.24, 2.45) is 17.1 Å². The van der Waals surface area contributed by atoms with Crippen molar-refractivity contribution in [3.63, 3.8) is 0 Å². The van der Waals surface area contributed by atoms with E-state index in [0.29, 0.717) is 6.04 Å². The Morgan fingerprint density at radius 3 is 2.50 bits per heavy atom. The molecular weight excluding hydrogens is 200 g/mol. The van der Waals surface area contributed by atoms with E-state index in [2.05, 4.69) is 19.2 Å². The molecule has 0 spiro atoms. The molecule has 0 bridgehead atoms. The van der Waals surface area contributed by atoms with Crippen molar-refractivity contribution in [1.82, 2.24) is 5.32 Å². The van der Waals surface area contributed by atoms with Crippen LogP contribution < -0.4 is 11.1 Å². The van der Waals surface area contributed by atoms with Gasteiger partial charge in [0, 0.05) is 6.04 Å². The summed E-state index contributed by atoms with van der Waals surface area (Å²) in [4.78, 5) is 11.9. The van der Waals surface area contributed by atoms with Crippen molar-refractivity contribution in [1.29, 1.82) is 0 Å². The van der Waals surface area contributed by atoms with E-state index in [-0.39, 0.29) is 23.3 Å². The van der Waals surface area contributed by atoms with Gasteiger partial charge < -0.3 is 11.1 Å². The average molecular weight is 226 g/mol. The van der Waals surface area contributed by atoms with Crippen molar-refractivity contribution < 1.29 is 4.79 Å². The van der Waals surface area contributed by atoms with Crippen molar-refractivity contribution in [3.8, 4) is 0 Å². The Kier molecular flexibility index (Phi) is 4.36. The van der Waals surface area contributed by atoms with E-state index >= 15 is 0 Å². The molecule has 0 saturated heterocycles. The van der Waals surface area contributed by atoms with Crippen LogP contribution >= 0.6 is 0 Å². The van der Waals surface area contributed by atoms with Gasteiger partial charge >= 0.3 is 0 Å². The minimum absolute atomic E-state index is 0.00924. The minimum atomic E-state index is -0.377. The molecule has 1 rings (SSSR count). The third kappa shape index (κ3) is 3.21. The molecule has 3 nitrogen and oxygen atoms in total. The van der Waals surface area contributed by atoms with E-state index in [0.717, 1.165) is 6.42 Å². The zero-order chi connectivity index (χ0) is 12.3. The summed E-state index contributed by atoms with van der Waals surface area (Å²) in [5.41, 5.74) is 6.07. The number of rotatable bonds is 3. The maximum atomic E-state index is 11.9. The topological polar surface area (TPSA) is 55.1 Å². The first-order valence-electron chi connectivity index (χ1n) is 6.40. The van der Waals surface area contributed by atoms with Crippen molar-refractivity contribution in [2.45, 2.75) is 65.5 Å². The molecule has 0 radical (unpaired) electrons. The average Bonchev–Trinajstić information content (AvgIpc) is 2.19. The second-order valence-corrected chi connectivity index (χ2v) is 6.07. The van der Waals surface area contributed by atoms with Gasteiger partial charge in [-0.3, -0.25) is 4.79 Å². The molecule has 1 amide bonds. The van der Waals surface area contributed by atoms with Gasteiger partial charge in [0.1, 0.15) is 0 Å². The lowest BCUT2D eigenvalue weighted by Gasteiger charge is -2.39. The van der Waals surface area contributed by atoms with Gasteiger partial charge in [-0.25, -0.2) is 0 Å². The van der Waals surface area contributed by atoms with Crippen LogP contribution in [0.4, 0.5) is 0 Å². The Labute approximate surface area is 99.2 Å². The van der Waals surface area contributed by atoms with Gasteiger partial charge in [-0.1, -0.05) is 40.5 Å². The van der Waals surface area contributed by atoms with E-state index in [1.807, 2.05) is 13.8 Å². The lowest BCUT2D eigenvalue weighted by atomic mass is 9.73. The molecule has 0 aliphatic heterocycles. The Hall–Kier alpha value is -0.570. The first-order valence-corrected chi connectivity index (χ1v) is 6.40. The summed E-state index contributed by atoms with van der Waals surface area (Å²) in [7, 11) is 0. The number of nitrogens with two attached hydrogens (primary N) is 1. The lowest BCUT2D eigenvalue weighted by Crippen LogP contribution is -2.53. The molecule has 1 fully saturated rings. The molecule has 0 aromatic rings. The van der Waals surface area contributed by atoms with Crippen LogP contribution in [0.1, 0.15) is 53.4 Å². The molecule has 1 saturated carbocycles. The van der Waals surface area contributed by atoms with E-state index in [9.17, 15) is 4.79 Å². The van der Waals surface area contributed by atoms with Gasteiger partial charge in [-0.2, -0.15) is 0 Å². The van der Waals surface area contributed by atoms with E-state index < -0.39 is 0 Å². The van der Waals surface area contributed by atoms with Crippen LogP contribution in [-0.2, 0) is 4.79 Å². The van der Waals surface area contributed by atoms with Gasteiger partial charge in [0.2, 0.25) is 5.91 Å². The molecule has 3 heteroatoms. The van der Waals surface area contributed by atoms with Crippen LogP contribution in [0, 0.1) is 11.3 Å². The van der Waals surface area contributed by atoms with Crippen LogP contribution in [0.15, 0.2) is 0 Å². The molecule has 1 aliphatic carbocycles. The molecule has 2 atom stereocenters. The van der Waals surface area contributed by atoms with Gasteiger partial charge in [0.05, 0.1) is 6.04 Å². The van der Waals surface area contributed by atoms with Crippen molar-refractivity contribution >= 4 is 5.91 Å². The Balaban J connectivity index is 2.55. The number of amides is 1. The summed E-state index contributed by atoms with van der Waals surface area (Å²) in [5.74, 6) is 0.210. The highest BCUT2D eigenvalue weighted by atomic mass is 16.2. The quantitative estimate of drug-likeness (QED) is 0.774. The molecule has 16 heavy (non-hydrogen) atoms. The van der Waals surface area contributed by atoms with Crippen LogP contribution in [0.5, 0.6) is 0 Å². The maximum Gasteiger partial charge on any atom is 0.237 e. The molecule has 1 aliphatic rings. The molecule has 0 aromatic heterocycles. The number of carbonyl (C=O) groups excluding carboxylic acids is 1. The lowest BCUT2D eigenvalue weighted by molar-refractivity contribution is -0.125. The van der Waals surface area contributed by atoms with Crippen LogP contribution in [0.2, 0.25) is 0 Å². The Bertz CT molecular complexity index is 248. The largest absolute Gasteiger partial charge is 0.351 e. The zero-order valence-electron chi connectivity index (χ0n) is 11.0. The van der Waals surface area contributed by atoms with E-state index in [1.54, 1.807) is 0 Å². The predicted molar refractivity (Wildman–Crippen MR) is 67.0 cm³/mol. The highest BCUT2D eigenvalue weighted by Gasteiger charge is 2.34. The van der Waals surface area contributed by atoms with E-state index in [4.69, 9.17) is 5.73 Å². The standard InChI is InChI=1S/C13H26N2O/c1-9(2)11(14)12(16)15-10-7-5-6-8-13(10,3)4/h9-11H,5-8,14H2,1-4H3,(H,15,16). The molecule has 2 unspecified atom stereocenters. The van der Waals surface area contributed by atoms with Crippen molar-refractivity contribution in [3.05, 3.63) is 0 Å². The first kappa shape index (κ1) is 13.5. The molecular formula is C13H26N2O. The molecule has 94 valence electrons. The van der Waals surface area contributed by atoms with Gasteiger partial charge in [-0.05, 0) is 24.2 Å². The smallest absolute Gasteiger partial charge is 0.237 e. The molecule has 0 heterocycles. The highest BCUT2D eigenvalue weighted by molar-refractivity contribution is 5.82. The first-order chi connectivity index (χ1) is 7.34. The van der Waals surface area contributed by atoms with Gasteiger partial charge in [-0.15, -0.1) is 0 Å². The Morgan fingerprint density at radius 2 is 2.00 bits per heavy atom. The van der Waals surface area contributed by atoms with Gasteiger partial charge in [0.15, 0.2) is 0 Å². The predicted octanol–water partition coefficient (Wildman–Crippen LogP) is 2.05. The van der Waals surface area contributed by atoms with Gasteiger partial charge in [0.25, 0.3) is 0 Å². The second-order valence-electron chi connectivity index (χ2n) is 6.07. The third-order valence-electron chi connectivity index (χ3n) is 3.84. The maximum absolute atomic E-state index is 11.9. The fourth-order valence-electron chi connectivity index (χ4n) is 2.33. The number of carbonyl (C=O) groups is 1. The second kappa shape index (κ2) is 5.17. The van der Waals surface area contributed by atoms with Crippen LogP contribution in [-0.4, -0.2) is 18.0 Å². The highest BCUT2D eigenvalue weighted by Crippen LogP contribution is 2.35. The summed E-state index contributed by atoms with van der Waals surface area (Å²) in [6.45, 7) is 8.43. The normalized spacial score (nSPS) is 26.5. The SMILES string of the molecule is CC(C)C(N)C(=O)NC1CCCCC1(C)C. The summed E-state index contributed by atoms with van der Waals surface area (Å²) >= 11 is 0. The minimum Gasteiger partial charge on any atom is -0.351 e. The molecule has 3 N–H and O–H groups in total. The number of hydrogen-bond donors (Lipinski definition) is 2. The zero-order valence-corrected chi connectivity index (χ0v) is 11.0. The Morgan fingerprint density at radius 1 is 1.38 bits per heavy atom. The number of hydrogen-bond acceptors (Lipinski definition) is 2. The summed E-state index contributed by atoms with van der Waals surface area (Å²) in [5, 5.41) is 3.13. The fraction of sp³-hybridized carbons (Fsp3) is 0.923. The van der Waals surface area contributed by atoms with Crippen LogP contribution in [0.25, 0.3) is 0 Å². The molecule has 0 aromatic carbocycles. The van der Waals surface area contributed by atoms with Crippen molar-refractivity contribution in [2.75, 3.05) is 0 Å². The van der Waals surface area contributed by atoms with Crippen LogP contribution in [0.3, 0.4) is 0 Å². The third-order valence-corrected chi connectivity index (χ3v) is 3.84. The fourth-order valence-corrected chi connectivity index (χ4v) is 2.33. The summed E-state index contributed by atoms with van der Waals surface area (Å²) in [6, 6.07) is -0.0868.